The van der Waals surface area contributed by atoms with Crippen LogP contribution in [0.2, 0.25) is 0 Å². The van der Waals surface area contributed by atoms with Gasteiger partial charge in [-0.25, -0.2) is 8.78 Å². The number of nitrogens with one attached hydrogen (secondary N) is 1. The summed E-state index contributed by atoms with van der Waals surface area (Å²) in [7, 11) is 2.65. The molecule has 0 fully saturated rings. The highest BCUT2D eigenvalue weighted by Gasteiger charge is 2.34. The van der Waals surface area contributed by atoms with Crippen molar-refractivity contribution < 1.29 is 18.3 Å². The number of esters is 1. The van der Waals surface area contributed by atoms with Crippen LogP contribution < -0.4 is 5.32 Å². The third-order valence-electron chi connectivity index (χ3n) is 1.95. The second-order valence-electron chi connectivity index (χ2n) is 3.17. The molecule has 0 aliphatic rings. The summed E-state index contributed by atoms with van der Waals surface area (Å²) in [6, 6.07) is -0.929. The van der Waals surface area contributed by atoms with Crippen molar-refractivity contribution in [3.05, 3.63) is 0 Å². The quantitative estimate of drug-likeness (QED) is 0.675. The Morgan fingerprint density at radius 1 is 1.57 bits per heavy atom. The molecule has 84 valence electrons. The van der Waals surface area contributed by atoms with Crippen molar-refractivity contribution in [2.75, 3.05) is 14.2 Å². The van der Waals surface area contributed by atoms with Gasteiger partial charge in [0.1, 0.15) is 6.04 Å². The van der Waals surface area contributed by atoms with Gasteiger partial charge in [-0.15, -0.1) is 0 Å². The lowest BCUT2D eigenvalue weighted by Gasteiger charge is -2.20. The summed E-state index contributed by atoms with van der Waals surface area (Å²) in [5.41, 5.74) is 0. The summed E-state index contributed by atoms with van der Waals surface area (Å²) in [4.78, 5) is 11.0. The normalized spacial score (nSPS) is 13.8. The van der Waals surface area contributed by atoms with Gasteiger partial charge in [0, 0.05) is 12.8 Å². The Balaban J connectivity index is 4.22. The van der Waals surface area contributed by atoms with E-state index in [2.05, 4.69) is 10.1 Å². The van der Waals surface area contributed by atoms with E-state index >= 15 is 0 Å². The molecular formula is C9H17F2NO2. The van der Waals surface area contributed by atoms with Crippen molar-refractivity contribution in [3.63, 3.8) is 0 Å². The van der Waals surface area contributed by atoms with E-state index in [4.69, 9.17) is 0 Å². The zero-order valence-electron chi connectivity index (χ0n) is 8.77. The lowest BCUT2D eigenvalue weighted by Crippen LogP contribution is -2.40. The summed E-state index contributed by atoms with van der Waals surface area (Å²) >= 11 is 0. The number of carbonyl (C=O) groups is 1. The SMILES string of the molecule is CCCC(F)(F)C[C@H](NC)C(=O)OC. The molecule has 0 heterocycles. The first-order valence-corrected chi connectivity index (χ1v) is 4.59. The van der Waals surface area contributed by atoms with Gasteiger partial charge in [0.2, 0.25) is 5.92 Å². The van der Waals surface area contributed by atoms with Crippen molar-refractivity contribution in [2.24, 2.45) is 0 Å². The van der Waals surface area contributed by atoms with E-state index < -0.39 is 24.4 Å². The predicted octanol–water partition coefficient (Wildman–Crippen LogP) is 1.57. The Kier molecular flexibility index (Phi) is 5.60. The smallest absolute Gasteiger partial charge is 0.323 e. The molecule has 0 aliphatic heterocycles. The molecule has 0 rings (SSSR count). The minimum atomic E-state index is -2.81. The summed E-state index contributed by atoms with van der Waals surface area (Å²) in [5.74, 6) is -3.46. The van der Waals surface area contributed by atoms with E-state index in [-0.39, 0.29) is 6.42 Å². The van der Waals surface area contributed by atoms with E-state index in [1.165, 1.54) is 14.2 Å². The molecule has 0 aromatic heterocycles. The lowest BCUT2D eigenvalue weighted by molar-refractivity contribution is -0.146. The highest BCUT2D eigenvalue weighted by molar-refractivity contribution is 5.75. The zero-order valence-corrected chi connectivity index (χ0v) is 8.77. The maximum Gasteiger partial charge on any atom is 0.323 e. The molecule has 3 nitrogen and oxygen atoms in total. The van der Waals surface area contributed by atoms with E-state index in [9.17, 15) is 13.6 Å². The Bertz CT molecular complexity index is 186. The molecule has 0 spiro atoms. The van der Waals surface area contributed by atoms with Crippen LogP contribution in [0.15, 0.2) is 0 Å². The van der Waals surface area contributed by atoms with Gasteiger partial charge in [-0.2, -0.15) is 0 Å². The largest absolute Gasteiger partial charge is 0.468 e. The van der Waals surface area contributed by atoms with E-state index in [1.54, 1.807) is 6.92 Å². The third-order valence-corrected chi connectivity index (χ3v) is 1.95. The van der Waals surface area contributed by atoms with Gasteiger partial charge in [-0.05, 0) is 7.05 Å². The molecule has 0 aromatic rings. The minimum absolute atomic E-state index is 0.206. The number of hydrogen-bond donors (Lipinski definition) is 1. The molecular weight excluding hydrogens is 192 g/mol. The van der Waals surface area contributed by atoms with Crippen molar-refractivity contribution in [1.29, 1.82) is 0 Å². The molecule has 0 aliphatic carbocycles. The summed E-state index contributed by atoms with van der Waals surface area (Å²) in [5, 5.41) is 2.51. The Morgan fingerprint density at radius 2 is 2.14 bits per heavy atom. The van der Waals surface area contributed by atoms with Crippen molar-refractivity contribution >= 4 is 5.97 Å². The topological polar surface area (TPSA) is 38.3 Å². The summed E-state index contributed by atoms with van der Waals surface area (Å²) in [6.07, 6.45) is -0.323. The number of likely N-dealkylation sites (N-methyl/N-ethyl adjacent to an activating group) is 1. The number of hydrogen-bond acceptors (Lipinski definition) is 3. The third kappa shape index (κ3) is 4.50. The Hall–Kier alpha value is -0.710. The van der Waals surface area contributed by atoms with Crippen LogP contribution in [0.1, 0.15) is 26.2 Å². The maximum atomic E-state index is 13.1. The summed E-state index contributed by atoms with van der Waals surface area (Å²) in [6.45, 7) is 1.68. The molecule has 1 N–H and O–H groups in total. The van der Waals surface area contributed by atoms with E-state index in [1.807, 2.05) is 0 Å². The zero-order chi connectivity index (χ0) is 11.2. The molecule has 0 saturated carbocycles. The molecule has 0 amide bonds. The van der Waals surface area contributed by atoms with Crippen LogP contribution in [0.25, 0.3) is 0 Å². The Morgan fingerprint density at radius 3 is 2.50 bits per heavy atom. The standard InChI is InChI=1S/C9H17F2NO2/c1-4-5-9(10,11)6-7(12-2)8(13)14-3/h7,12H,4-6H2,1-3H3/t7-/m0/s1. The van der Waals surface area contributed by atoms with Crippen molar-refractivity contribution in [3.8, 4) is 0 Å². The van der Waals surface area contributed by atoms with Crippen molar-refractivity contribution in [2.45, 2.75) is 38.2 Å². The summed E-state index contributed by atoms with van der Waals surface area (Å²) < 4.78 is 30.6. The van der Waals surface area contributed by atoms with Crippen LogP contribution in [0.3, 0.4) is 0 Å². The maximum absolute atomic E-state index is 13.1. The van der Waals surface area contributed by atoms with Gasteiger partial charge in [0.05, 0.1) is 7.11 Å². The molecule has 14 heavy (non-hydrogen) atoms. The minimum Gasteiger partial charge on any atom is -0.468 e. The molecule has 0 bridgehead atoms. The Labute approximate surface area is 82.8 Å². The fraction of sp³-hybridized carbons (Fsp3) is 0.889. The first-order valence-electron chi connectivity index (χ1n) is 4.59. The van der Waals surface area contributed by atoms with Gasteiger partial charge in [-0.1, -0.05) is 13.3 Å². The second-order valence-corrected chi connectivity index (χ2v) is 3.17. The molecule has 1 atom stereocenters. The van der Waals surface area contributed by atoms with Gasteiger partial charge in [-0.3, -0.25) is 4.79 Å². The highest BCUT2D eigenvalue weighted by Crippen LogP contribution is 2.26. The lowest BCUT2D eigenvalue weighted by atomic mass is 10.0. The first-order chi connectivity index (χ1) is 6.46. The number of carbonyl (C=O) groups excluding carboxylic acids is 1. The number of rotatable bonds is 6. The fourth-order valence-electron chi connectivity index (χ4n) is 1.21. The monoisotopic (exact) mass is 209 g/mol. The van der Waals surface area contributed by atoms with Gasteiger partial charge >= 0.3 is 5.97 Å². The average molecular weight is 209 g/mol. The van der Waals surface area contributed by atoms with Crippen LogP contribution in [-0.2, 0) is 9.53 Å². The predicted molar refractivity (Wildman–Crippen MR) is 49.3 cm³/mol. The fourth-order valence-corrected chi connectivity index (χ4v) is 1.21. The molecule has 5 heteroatoms. The van der Waals surface area contributed by atoms with Crippen LogP contribution in [0, 0.1) is 0 Å². The van der Waals surface area contributed by atoms with Gasteiger partial charge in [0.25, 0.3) is 0 Å². The molecule has 0 unspecified atom stereocenters. The highest BCUT2D eigenvalue weighted by atomic mass is 19.3. The van der Waals surface area contributed by atoms with Crippen LogP contribution in [0.5, 0.6) is 0 Å². The van der Waals surface area contributed by atoms with Gasteiger partial charge < -0.3 is 10.1 Å². The number of ether oxygens (including phenoxy) is 1. The van der Waals surface area contributed by atoms with E-state index in [0.717, 1.165) is 0 Å². The first kappa shape index (κ1) is 13.3. The van der Waals surface area contributed by atoms with Crippen LogP contribution in [-0.4, -0.2) is 32.1 Å². The second kappa shape index (κ2) is 5.90. The van der Waals surface area contributed by atoms with Gasteiger partial charge in [0.15, 0.2) is 0 Å². The van der Waals surface area contributed by atoms with Crippen LogP contribution >= 0.6 is 0 Å². The van der Waals surface area contributed by atoms with Crippen molar-refractivity contribution in [1.82, 2.24) is 5.32 Å². The average Bonchev–Trinajstić information content (AvgIpc) is 2.13. The number of alkyl halides is 2. The number of methoxy groups -OCH3 is 1. The molecule has 0 radical (unpaired) electrons. The molecule has 0 saturated heterocycles. The molecule has 0 aromatic carbocycles. The van der Waals surface area contributed by atoms with Crippen LogP contribution in [0.4, 0.5) is 8.78 Å². The van der Waals surface area contributed by atoms with E-state index in [0.29, 0.717) is 6.42 Å². The number of halogens is 2.